The number of amides is 1. The van der Waals surface area contributed by atoms with Crippen molar-refractivity contribution in [3.63, 3.8) is 0 Å². The summed E-state index contributed by atoms with van der Waals surface area (Å²) in [6.07, 6.45) is 9.46. The lowest BCUT2D eigenvalue weighted by Gasteiger charge is -2.22. The maximum atomic E-state index is 12.2. The number of hydrogen-bond acceptors (Lipinski definition) is 3. The lowest BCUT2D eigenvalue weighted by molar-refractivity contribution is -0.122. The van der Waals surface area contributed by atoms with Gasteiger partial charge in [0.2, 0.25) is 0 Å². The monoisotopic (exact) mass is 225 g/mol. The van der Waals surface area contributed by atoms with Crippen molar-refractivity contribution >= 4 is 12.0 Å². The van der Waals surface area contributed by atoms with Gasteiger partial charge < -0.3 is 0 Å². The Labute approximate surface area is 97.8 Å². The number of hydrogen-bond donors (Lipinski definition) is 0. The lowest BCUT2D eigenvalue weighted by Crippen LogP contribution is -2.33. The molecule has 1 amide bonds. The van der Waals surface area contributed by atoms with Crippen LogP contribution < -0.4 is 10.8 Å². The van der Waals surface area contributed by atoms with E-state index in [0.29, 0.717) is 0 Å². The second kappa shape index (κ2) is 2.88. The van der Waals surface area contributed by atoms with Crippen LogP contribution in [0.1, 0.15) is 36.8 Å². The molecule has 0 aromatic carbocycles. The molecule has 1 saturated carbocycles. The van der Waals surface area contributed by atoms with E-state index in [1.54, 1.807) is 12.4 Å². The molecule has 3 aliphatic rings. The van der Waals surface area contributed by atoms with Crippen LogP contribution in [0.15, 0.2) is 22.4 Å². The molecular weight excluding hydrogens is 214 g/mol. The minimum atomic E-state index is -0.355. The molecule has 1 aliphatic carbocycles. The smallest absolute Gasteiger partial charge is 0.257 e. The molecule has 1 aromatic rings. The van der Waals surface area contributed by atoms with E-state index in [1.165, 1.54) is 0 Å². The Balaban J connectivity index is 2.11. The number of fused-ring (bicyclic) bond motifs is 4. The van der Waals surface area contributed by atoms with Gasteiger partial charge in [0.15, 0.2) is 5.49 Å². The zero-order chi connectivity index (χ0) is 11.5. The maximum Gasteiger partial charge on any atom is 0.257 e. The first kappa shape index (κ1) is 9.22. The van der Waals surface area contributed by atoms with Gasteiger partial charge in [0.25, 0.3) is 5.91 Å². The van der Waals surface area contributed by atoms with E-state index in [9.17, 15) is 4.79 Å². The Morgan fingerprint density at radius 1 is 1.24 bits per heavy atom. The molecule has 3 heterocycles. The fourth-order valence-corrected chi connectivity index (χ4v) is 3.30. The summed E-state index contributed by atoms with van der Waals surface area (Å²) in [4.78, 5) is 24.9. The van der Waals surface area contributed by atoms with Crippen molar-refractivity contribution in [1.29, 1.82) is 0 Å². The van der Waals surface area contributed by atoms with Gasteiger partial charge in [-0.1, -0.05) is 12.8 Å². The molecule has 0 atom stereocenters. The van der Waals surface area contributed by atoms with Crippen LogP contribution in [0.5, 0.6) is 0 Å². The molecule has 4 rings (SSSR count). The molecule has 0 radical (unpaired) electrons. The Bertz CT molecular complexity index is 681. The van der Waals surface area contributed by atoms with Gasteiger partial charge in [0.05, 0.1) is 17.0 Å². The van der Waals surface area contributed by atoms with Crippen molar-refractivity contribution < 1.29 is 4.79 Å². The minimum Gasteiger partial charge on any atom is -0.272 e. The number of carbonyl (C=O) groups is 1. The highest BCUT2D eigenvalue weighted by atomic mass is 16.1. The quantitative estimate of drug-likeness (QED) is 0.651. The molecule has 2 aliphatic heterocycles. The summed E-state index contributed by atoms with van der Waals surface area (Å²) >= 11 is 0. The van der Waals surface area contributed by atoms with Crippen molar-refractivity contribution in [2.24, 2.45) is 9.98 Å². The highest BCUT2D eigenvalue weighted by molar-refractivity contribution is 5.93. The van der Waals surface area contributed by atoms with Crippen molar-refractivity contribution in [3.8, 4) is 0 Å². The third kappa shape index (κ3) is 0.983. The zero-order valence-electron chi connectivity index (χ0n) is 9.31. The third-order valence-electron chi connectivity index (χ3n) is 4.08. The van der Waals surface area contributed by atoms with Crippen LogP contribution >= 0.6 is 0 Å². The van der Waals surface area contributed by atoms with Gasteiger partial charge in [-0.25, -0.2) is 15.0 Å². The standard InChI is InChI=1S/C13H11N3O/c17-12-13(4-1-2-5-13)10-8-3-6-14-11(8)15-7-9(10)16-12/h3,6-7H,1-2,4-5H2. The molecule has 17 heavy (non-hydrogen) atoms. The second-order valence-corrected chi connectivity index (χ2v) is 4.91. The van der Waals surface area contributed by atoms with Crippen LogP contribution in [0.2, 0.25) is 0 Å². The predicted octanol–water partition coefficient (Wildman–Crippen LogP) is 0.657. The van der Waals surface area contributed by atoms with Crippen molar-refractivity contribution in [1.82, 2.24) is 4.98 Å². The summed E-state index contributed by atoms with van der Waals surface area (Å²) in [6, 6.07) is 0. The zero-order valence-corrected chi connectivity index (χ0v) is 9.31. The molecule has 4 heteroatoms. The number of carbonyl (C=O) groups excluding carboxylic acids is 1. The van der Waals surface area contributed by atoms with Crippen LogP contribution in [-0.2, 0) is 10.2 Å². The van der Waals surface area contributed by atoms with Gasteiger partial charge in [-0.2, -0.15) is 0 Å². The first-order valence-electron chi connectivity index (χ1n) is 5.98. The van der Waals surface area contributed by atoms with Crippen LogP contribution in [0.3, 0.4) is 0 Å². The van der Waals surface area contributed by atoms with E-state index < -0.39 is 0 Å². The Kier molecular flexibility index (Phi) is 1.56. The molecule has 1 aromatic heterocycles. The van der Waals surface area contributed by atoms with Crippen LogP contribution in [0, 0.1) is 0 Å². The summed E-state index contributed by atoms with van der Waals surface area (Å²) in [7, 11) is 0. The molecule has 0 unspecified atom stereocenters. The first-order chi connectivity index (χ1) is 8.31. The predicted molar refractivity (Wildman–Crippen MR) is 60.7 cm³/mol. The summed E-state index contributed by atoms with van der Waals surface area (Å²) < 4.78 is 0. The van der Waals surface area contributed by atoms with Gasteiger partial charge in [0, 0.05) is 17.3 Å². The van der Waals surface area contributed by atoms with Crippen molar-refractivity contribution in [2.75, 3.05) is 0 Å². The molecule has 1 spiro atoms. The largest absolute Gasteiger partial charge is 0.272 e. The maximum absolute atomic E-state index is 12.2. The molecule has 4 nitrogen and oxygen atoms in total. The third-order valence-corrected chi connectivity index (χ3v) is 4.08. The molecule has 0 bridgehead atoms. The van der Waals surface area contributed by atoms with Gasteiger partial charge in [-0.05, 0) is 18.9 Å². The normalized spacial score (nSPS) is 22.5. The minimum absolute atomic E-state index is 0.0282. The van der Waals surface area contributed by atoms with Crippen molar-refractivity contribution in [3.05, 3.63) is 34.4 Å². The SMILES string of the molecule is O=C1N=c2cnc3c(c2C12CCCC2)C=CN=3. The van der Waals surface area contributed by atoms with E-state index in [0.717, 1.165) is 47.7 Å². The summed E-state index contributed by atoms with van der Waals surface area (Å²) in [5, 5.41) is 0.761. The average Bonchev–Trinajstić information content (AvgIpc) is 3.02. The van der Waals surface area contributed by atoms with Gasteiger partial charge in [-0.3, -0.25) is 4.79 Å². The molecule has 1 fully saturated rings. The number of nitrogens with zero attached hydrogens (tertiary/aromatic N) is 3. The summed E-state index contributed by atoms with van der Waals surface area (Å²) in [6.45, 7) is 0. The molecule has 84 valence electrons. The number of aromatic nitrogens is 1. The van der Waals surface area contributed by atoms with E-state index in [-0.39, 0.29) is 11.3 Å². The summed E-state index contributed by atoms with van der Waals surface area (Å²) in [5.41, 5.74) is 2.48. The molecular formula is C13H11N3O. The van der Waals surface area contributed by atoms with Gasteiger partial charge in [-0.15, -0.1) is 0 Å². The highest BCUT2D eigenvalue weighted by Gasteiger charge is 2.48. The first-order valence-corrected chi connectivity index (χ1v) is 5.98. The fourth-order valence-electron chi connectivity index (χ4n) is 3.30. The van der Waals surface area contributed by atoms with Gasteiger partial charge in [0.1, 0.15) is 0 Å². The average molecular weight is 225 g/mol. The fraction of sp³-hybridized carbons (Fsp3) is 0.385. The number of rotatable bonds is 0. The Morgan fingerprint density at radius 2 is 2.06 bits per heavy atom. The molecule has 0 N–H and O–H groups in total. The number of pyridine rings is 1. The molecule has 0 saturated heterocycles. The summed E-state index contributed by atoms with van der Waals surface area (Å²) in [5.74, 6) is 0.0282. The topological polar surface area (TPSA) is 54.7 Å². The Morgan fingerprint density at radius 3 is 2.88 bits per heavy atom. The van der Waals surface area contributed by atoms with E-state index in [1.807, 2.05) is 6.08 Å². The lowest BCUT2D eigenvalue weighted by atomic mass is 9.78. The van der Waals surface area contributed by atoms with E-state index in [2.05, 4.69) is 15.0 Å². The van der Waals surface area contributed by atoms with Crippen molar-refractivity contribution in [2.45, 2.75) is 31.1 Å². The van der Waals surface area contributed by atoms with Crippen LogP contribution in [0.25, 0.3) is 6.08 Å². The van der Waals surface area contributed by atoms with Crippen LogP contribution in [0.4, 0.5) is 0 Å². The van der Waals surface area contributed by atoms with E-state index >= 15 is 0 Å². The highest BCUT2D eigenvalue weighted by Crippen LogP contribution is 2.43. The van der Waals surface area contributed by atoms with E-state index in [4.69, 9.17) is 0 Å². The Hall–Kier alpha value is -1.84. The van der Waals surface area contributed by atoms with Crippen LogP contribution in [-0.4, -0.2) is 10.9 Å². The van der Waals surface area contributed by atoms with Gasteiger partial charge >= 0.3 is 0 Å². The second-order valence-electron chi connectivity index (χ2n) is 4.91.